The summed E-state index contributed by atoms with van der Waals surface area (Å²) in [6, 6.07) is 0. The Labute approximate surface area is 81.4 Å². The zero-order valence-corrected chi connectivity index (χ0v) is 1.65. The average Bonchev–Trinajstić information content (AvgIpc) is 1.50. The molecule has 6 heavy (non-hydrogen) atoms. The second-order valence-corrected chi connectivity index (χ2v) is 0. The molecule has 0 aliphatic carbocycles. The van der Waals surface area contributed by atoms with Crippen molar-refractivity contribution in [3.05, 3.63) is 0 Å². The molecule has 6 heteroatoms. The van der Waals surface area contributed by atoms with Crippen LogP contribution in [0.1, 0.15) is 0 Å². The standard InChI is InChI=1S/Al.2FHO.Sr.5H/c;2*1-2;;;;;;/h;2*2H;;;;;;. The van der Waals surface area contributed by atoms with Crippen molar-refractivity contribution in [2.75, 3.05) is 0 Å². The molecule has 0 rings (SSSR count). The van der Waals surface area contributed by atoms with E-state index in [0.29, 0.717) is 0 Å². The molecule has 0 saturated heterocycles. The van der Waals surface area contributed by atoms with Crippen molar-refractivity contribution in [3.63, 3.8) is 0 Å². The van der Waals surface area contributed by atoms with Gasteiger partial charge in [0, 0.05) is 0 Å². The van der Waals surface area contributed by atoms with E-state index in [2.05, 4.69) is 0 Å². The van der Waals surface area contributed by atoms with Crippen molar-refractivity contribution in [3.8, 4) is 0 Å². The molecule has 0 fully saturated rings. The second-order valence-electron chi connectivity index (χ2n) is 0. The predicted octanol–water partition coefficient (Wildman–Crippen LogP) is -2.37. The average molecular weight is 192 g/mol. The Morgan fingerprint density at radius 1 is 0.833 bits per heavy atom. The van der Waals surface area contributed by atoms with Gasteiger partial charge >= 0.3 is 45.5 Å². The summed E-state index contributed by atoms with van der Waals surface area (Å²) in [6.07, 6.45) is 0. The molecular weight excluding hydrogens is 185 g/mol. The second kappa shape index (κ2) is 70.9. The molecule has 0 heterocycles. The van der Waals surface area contributed by atoms with Crippen LogP contribution in [-0.2, 0) is 0 Å². The van der Waals surface area contributed by atoms with Gasteiger partial charge in [-0.15, -0.1) is 0 Å². The first-order valence-electron chi connectivity index (χ1n) is 0.338. The molecular formula is H7AlF2O2Sr. The van der Waals surface area contributed by atoms with Crippen molar-refractivity contribution < 1.29 is 19.7 Å². The minimum absolute atomic E-state index is 0. The van der Waals surface area contributed by atoms with Crippen LogP contribution in [0.2, 0.25) is 0 Å². The first-order chi connectivity index (χ1) is 2.00. The predicted molar refractivity (Wildman–Crippen MR) is 25.1 cm³/mol. The Balaban J connectivity index is -0.00000000500. The molecule has 0 aliphatic rings. The molecule has 0 radical (unpaired) electrons. The van der Waals surface area contributed by atoms with Crippen LogP contribution >= 0.6 is 0 Å². The maximum absolute atomic E-state index is 8.50. The van der Waals surface area contributed by atoms with Gasteiger partial charge in [-0.05, 0) is 0 Å². The zero-order valence-electron chi connectivity index (χ0n) is 1.65. The number of hydrogen-bond acceptors (Lipinski definition) is 2. The summed E-state index contributed by atoms with van der Waals surface area (Å²) in [5.74, 6) is 0. The molecule has 0 saturated carbocycles. The van der Waals surface area contributed by atoms with Crippen LogP contribution in [0.25, 0.3) is 0 Å². The van der Waals surface area contributed by atoms with Gasteiger partial charge < -0.3 is 0 Å². The Hall–Kier alpha value is 1.79. The van der Waals surface area contributed by atoms with E-state index in [0.717, 1.165) is 0 Å². The molecule has 0 aromatic carbocycles. The fraction of sp³-hybridized carbons (Fsp3) is 0. The van der Waals surface area contributed by atoms with Gasteiger partial charge in [0.25, 0.3) is 0 Å². The zero-order chi connectivity index (χ0) is 4.00. The van der Waals surface area contributed by atoms with Gasteiger partial charge in [0.05, 0.1) is 0 Å². The topological polar surface area (TPSA) is 40.5 Å². The Kier molecular flexibility index (Phi) is 295. The van der Waals surface area contributed by atoms with Gasteiger partial charge in [-0.25, -0.2) is 10.6 Å². The molecule has 0 aromatic rings. The van der Waals surface area contributed by atoms with Crippen LogP contribution < -0.4 is 0 Å². The van der Waals surface area contributed by atoms with Crippen molar-refractivity contribution in [1.29, 1.82) is 0 Å². The number of halogens is 2. The SMILES string of the molecule is OF.OF.[AlH3].[SrH2]. The third kappa shape index (κ3) is 41.4. The fourth-order valence-corrected chi connectivity index (χ4v) is 0. The first kappa shape index (κ1) is 25.0. The molecule has 0 amide bonds. The Morgan fingerprint density at radius 2 is 0.833 bits per heavy atom. The third-order valence-corrected chi connectivity index (χ3v) is 0. The van der Waals surface area contributed by atoms with Crippen LogP contribution in [-0.4, -0.2) is 73.5 Å². The minimum atomic E-state index is 0. The van der Waals surface area contributed by atoms with Crippen molar-refractivity contribution in [2.45, 2.75) is 0 Å². The van der Waals surface area contributed by atoms with Crippen molar-refractivity contribution in [1.82, 2.24) is 0 Å². The summed E-state index contributed by atoms with van der Waals surface area (Å²) >= 11 is 0. The van der Waals surface area contributed by atoms with Gasteiger partial charge in [0.15, 0.2) is 17.4 Å². The van der Waals surface area contributed by atoms with Crippen LogP contribution in [0.15, 0.2) is 0 Å². The van der Waals surface area contributed by atoms with Crippen LogP contribution in [0.3, 0.4) is 0 Å². The summed E-state index contributed by atoms with van der Waals surface area (Å²) < 4.78 is 17.0. The molecule has 0 aromatic heterocycles. The monoisotopic (exact) mass is 192 g/mol. The number of rotatable bonds is 0. The maximum atomic E-state index is 8.50. The van der Waals surface area contributed by atoms with Gasteiger partial charge in [0.1, 0.15) is 0 Å². The van der Waals surface area contributed by atoms with Gasteiger partial charge in [-0.1, -0.05) is 9.05 Å². The first-order valence-corrected chi connectivity index (χ1v) is 0.338. The normalized spacial score (nSPS) is 2.00. The van der Waals surface area contributed by atoms with E-state index in [-0.39, 0.29) is 62.8 Å². The molecule has 0 unspecified atom stereocenters. The molecule has 0 aliphatic heterocycles. The molecule has 2 nitrogen and oxygen atoms in total. The van der Waals surface area contributed by atoms with Crippen molar-refractivity contribution in [2.24, 2.45) is 0 Å². The van der Waals surface area contributed by atoms with E-state index in [1.54, 1.807) is 0 Å². The quantitative estimate of drug-likeness (QED) is 0.420. The summed E-state index contributed by atoms with van der Waals surface area (Å²) in [5, 5.41) is 11.0. The Morgan fingerprint density at radius 3 is 0.833 bits per heavy atom. The van der Waals surface area contributed by atoms with Gasteiger partial charge in [-0.2, -0.15) is 0 Å². The summed E-state index contributed by atoms with van der Waals surface area (Å²) in [7, 11) is 0. The van der Waals surface area contributed by atoms with Crippen LogP contribution in [0, 0.1) is 0 Å². The number of hydrogen-bond donors (Lipinski definition) is 2. The van der Waals surface area contributed by atoms with Gasteiger partial charge in [0.2, 0.25) is 0 Å². The van der Waals surface area contributed by atoms with E-state index < -0.39 is 0 Å². The summed E-state index contributed by atoms with van der Waals surface area (Å²) in [5.41, 5.74) is 0. The van der Waals surface area contributed by atoms with E-state index in [1.165, 1.54) is 0 Å². The van der Waals surface area contributed by atoms with E-state index in [9.17, 15) is 0 Å². The van der Waals surface area contributed by atoms with E-state index in [4.69, 9.17) is 19.7 Å². The van der Waals surface area contributed by atoms with Crippen molar-refractivity contribution >= 4 is 62.8 Å². The third-order valence-electron chi connectivity index (χ3n) is 0. The van der Waals surface area contributed by atoms with Gasteiger partial charge in [-0.3, -0.25) is 0 Å². The van der Waals surface area contributed by atoms with Crippen LogP contribution in [0.4, 0.5) is 9.05 Å². The van der Waals surface area contributed by atoms with E-state index in [1.807, 2.05) is 0 Å². The molecule has 0 bridgehead atoms. The fourth-order valence-electron chi connectivity index (χ4n) is 0. The van der Waals surface area contributed by atoms with E-state index >= 15 is 0 Å². The summed E-state index contributed by atoms with van der Waals surface area (Å²) in [4.78, 5) is 0. The summed E-state index contributed by atoms with van der Waals surface area (Å²) in [6.45, 7) is 0. The molecule has 0 spiro atoms. The molecule has 38 valence electrons. The molecule has 0 atom stereocenters. The van der Waals surface area contributed by atoms with Crippen LogP contribution in [0.5, 0.6) is 0 Å². The molecule has 2 N–H and O–H groups in total. The Bertz CT molecular complexity index is 11.5.